The van der Waals surface area contributed by atoms with Gasteiger partial charge in [-0.15, -0.1) is 0 Å². The van der Waals surface area contributed by atoms with Gasteiger partial charge in [0.15, 0.2) is 0 Å². The number of hydrogen-bond donors (Lipinski definition) is 0. The fourth-order valence-corrected chi connectivity index (χ4v) is 24.5. The monoisotopic (exact) mass is 1890 g/mol. The highest BCUT2D eigenvalue weighted by molar-refractivity contribution is 6.23. The Bertz CT molecular complexity index is 7120. The zero-order chi connectivity index (χ0) is 101. The van der Waals surface area contributed by atoms with E-state index >= 15 is 0 Å². The van der Waals surface area contributed by atoms with Crippen LogP contribution < -0.4 is 9.80 Å². The normalized spacial score (nSPS) is 15.6. The van der Waals surface area contributed by atoms with Gasteiger partial charge >= 0.3 is 0 Å². The van der Waals surface area contributed by atoms with Crippen LogP contribution >= 0.6 is 0 Å². The smallest absolute Gasteiger partial charge is 0.0619 e. The molecule has 0 saturated heterocycles. The first kappa shape index (κ1) is 100. The Morgan fingerprint density at radius 2 is 0.618 bits per heavy atom. The fourth-order valence-electron chi connectivity index (χ4n) is 24.5. The molecule has 0 bridgehead atoms. The zero-order valence-corrected chi connectivity index (χ0v) is 91.1. The van der Waals surface area contributed by atoms with Crippen molar-refractivity contribution in [2.75, 3.05) is 9.80 Å². The molecule has 5 aliphatic carbocycles. The number of unbranched alkanes of at least 4 members (excludes halogenated alkanes) is 9. The van der Waals surface area contributed by atoms with Crippen molar-refractivity contribution in [2.24, 2.45) is 5.92 Å². The highest BCUT2D eigenvalue weighted by Crippen LogP contribution is 2.62. The lowest BCUT2D eigenvalue weighted by molar-refractivity contribution is 0.502. The Hall–Kier alpha value is -12.4. The Balaban J connectivity index is 0.000000203. The minimum Gasteiger partial charge on any atom is -0.309 e. The van der Waals surface area contributed by atoms with Crippen LogP contribution in [0.2, 0.25) is 0 Å². The van der Waals surface area contributed by atoms with Gasteiger partial charge in [0.2, 0.25) is 0 Å². The SMILES string of the molecule is CCCCCCCCC1(c2ccc(C3=CC4c5cccc6cccc(c56)C5=CC=CC(=C3)C54)cc2)c2cc(C(C)(C)C)ccc2-c2ccc(C(C)(C)C)cc21.CCCCCCc1ccc(C2(CCCCc3ccc(N(c4ccc(C(C)(C)C)cc4)c4c5ccccc5c(N(c5ccc(C(C)(C)C)cc5)c5ccc(C(C)(C)C)cc5)c5ccccc45)cc3)c3cc(C(C)(C)C)ccc3-c3ccc(C(C)(C)C)cc32)cc1. The van der Waals surface area contributed by atoms with E-state index in [1.54, 1.807) is 0 Å². The van der Waals surface area contributed by atoms with E-state index in [0.29, 0.717) is 11.8 Å². The molecule has 0 N–H and O–H groups in total. The largest absolute Gasteiger partial charge is 0.309 e. The third-order valence-electron chi connectivity index (χ3n) is 33.0. The minimum absolute atomic E-state index is 0.0127. The molecule has 20 rings (SSSR count). The van der Waals surface area contributed by atoms with E-state index in [4.69, 9.17) is 0 Å². The van der Waals surface area contributed by atoms with E-state index in [0.717, 1.165) is 61.3 Å². The molecule has 0 amide bonds. The molecule has 0 heterocycles. The molecule has 2 heteroatoms. The van der Waals surface area contributed by atoms with Gasteiger partial charge in [0.25, 0.3) is 0 Å². The Kier molecular flexibility index (Phi) is 27.6. The van der Waals surface area contributed by atoms with Gasteiger partial charge in [-0.1, -0.05) is 509 Å². The van der Waals surface area contributed by atoms with Crippen LogP contribution in [-0.4, -0.2) is 0 Å². The van der Waals surface area contributed by atoms with Crippen LogP contribution in [0.3, 0.4) is 0 Å². The first-order valence-corrected chi connectivity index (χ1v) is 54.8. The molecular weight excluding hydrogens is 1730 g/mol. The molecule has 0 aliphatic heterocycles. The number of nitrogens with zero attached hydrogens (tertiary/aromatic N) is 2. The molecule has 2 atom stereocenters. The van der Waals surface area contributed by atoms with E-state index in [1.165, 1.54) is 247 Å². The molecule has 2 unspecified atom stereocenters. The second-order valence-electron chi connectivity index (χ2n) is 50.2. The molecular formula is C142H158N2. The van der Waals surface area contributed by atoms with Crippen molar-refractivity contribution < 1.29 is 0 Å². The number of hydrogen-bond acceptors (Lipinski definition) is 2. The molecule has 0 spiro atoms. The summed E-state index contributed by atoms with van der Waals surface area (Å²) < 4.78 is 0. The van der Waals surface area contributed by atoms with E-state index < -0.39 is 0 Å². The lowest BCUT2D eigenvalue weighted by Gasteiger charge is -2.39. The predicted octanol–water partition coefficient (Wildman–Crippen LogP) is 40.5. The summed E-state index contributed by atoms with van der Waals surface area (Å²) in [7, 11) is 0. The standard InChI is InChI=1S/C87H100N2.C55H58/c1-17-18-19-20-27-60-33-37-65(38-34-60)87(78-58-66(85(11,12)13)45-55-72(78)73-56-46-67(59-79(73)87)86(14,15)16)57-26-25-28-61-35-47-68(48-36-61)88(69-49-39-62(40-50-69)82(2,3)4)80-74-29-21-23-31-76(74)81(77-32-24-22-30-75(77)80)89(70-51-41-63(42-52-70)83(5,6)7)71-53-43-64(44-54-71)84(8,9)10;1-8-9-10-11-12-13-31-55(49-34-41(53(2,3)4)27-29-43(49)44-30-28-42(35-50(44)55)54(5,6)7)40-25-23-36(24-26-40)39-32-38-19-16-21-46-45-20-14-17-37-18-15-22-47(51(37)45)48(33-39)52(38)46/h21-24,29-56,58-59H,17-20,25-28,57H2,1-16H3;14-30,32-35,48,52H,8-13,31H2,1-7H3. The van der Waals surface area contributed by atoms with Crippen LogP contribution in [0, 0.1) is 5.92 Å². The van der Waals surface area contributed by atoms with Gasteiger partial charge in [0.05, 0.1) is 11.4 Å². The maximum absolute atomic E-state index is 2.60. The molecule has 0 radical (unpaired) electrons. The van der Waals surface area contributed by atoms with Crippen molar-refractivity contribution in [3.8, 4) is 22.3 Å². The van der Waals surface area contributed by atoms with Crippen molar-refractivity contribution in [1.82, 2.24) is 0 Å². The summed E-state index contributed by atoms with van der Waals surface area (Å²) in [6.45, 7) is 53.7. The number of allylic oxidation sites excluding steroid dienone is 8. The van der Waals surface area contributed by atoms with Crippen LogP contribution in [-0.2, 0) is 61.6 Å². The number of benzene rings is 15. The zero-order valence-electron chi connectivity index (χ0n) is 91.1. The van der Waals surface area contributed by atoms with Gasteiger partial charge in [-0.25, -0.2) is 0 Å². The second-order valence-corrected chi connectivity index (χ2v) is 50.2. The summed E-state index contributed by atoms with van der Waals surface area (Å²) in [5, 5.41) is 7.56. The van der Waals surface area contributed by atoms with Gasteiger partial charge in [0, 0.05) is 67.0 Å². The molecule has 15 aromatic rings. The molecule has 144 heavy (non-hydrogen) atoms. The molecule has 736 valence electrons. The number of fused-ring (bicyclic) bond motifs is 10. The van der Waals surface area contributed by atoms with Crippen LogP contribution in [0.5, 0.6) is 0 Å². The summed E-state index contributed by atoms with van der Waals surface area (Å²) in [4.78, 5) is 5.05. The van der Waals surface area contributed by atoms with E-state index in [1.807, 2.05) is 0 Å². The molecule has 0 fully saturated rings. The number of rotatable bonds is 26. The van der Waals surface area contributed by atoms with Gasteiger partial charge < -0.3 is 9.80 Å². The third kappa shape index (κ3) is 19.4. The van der Waals surface area contributed by atoms with Gasteiger partial charge in [0.1, 0.15) is 0 Å². The average Bonchev–Trinajstić information content (AvgIpc) is 1.67. The lowest BCUT2D eigenvalue weighted by Crippen LogP contribution is -2.28. The maximum Gasteiger partial charge on any atom is 0.0619 e. The molecule has 0 aromatic heterocycles. The molecule has 0 saturated carbocycles. The quantitative estimate of drug-likeness (QED) is 0.0303. The average molecular weight is 1890 g/mol. The van der Waals surface area contributed by atoms with Crippen molar-refractivity contribution in [2.45, 2.75) is 317 Å². The second kappa shape index (κ2) is 39.5. The first-order valence-electron chi connectivity index (χ1n) is 54.8. The van der Waals surface area contributed by atoms with Crippen molar-refractivity contribution >= 4 is 77.6 Å². The molecule has 15 aromatic carbocycles. The highest BCUT2D eigenvalue weighted by atomic mass is 15.2. The van der Waals surface area contributed by atoms with Crippen LogP contribution in [0.25, 0.3) is 65.7 Å². The van der Waals surface area contributed by atoms with E-state index in [-0.39, 0.29) is 48.7 Å². The Morgan fingerprint density at radius 1 is 0.292 bits per heavy atom. The number of anilines is 6. The van der Waals surface area contributed by atoms with Gasteiger partial charge in [-0.2, -0.15) is 0 Å². The van der Waals surface area contributed by atoms with Crippen LogP contribution in [0.1, 0.15) is 355 Å². The first-order chi connectivity index (χ1) is 68.7. The van der Waals surface area contributed by atoms with E-state index in [2.05, 4.69) is 503 Å². The van der Waals surface area contributed by atoms with Crippen LogP contribution in [0.4, 0.5) is 34.1 Å². The molecule has 2 nitrogen and oxygen atoms in total. The molecule has 5 aliphatic rings. The van der Waals surface area contributed by atoms with Gasteiger partial charge in [-0.3, -0.25) is 0 Å². The third-order valence-corrected chi connectivity index (χ3v) is 33.0. The Morgan fingerprint density at radius 3 is 1.00 bits per heavy atom. The number of aryl methyl sites for hydroxylation is 2. The lowest BCUT2D eigenvalue weighted by atomic mass is 9.64. The van der Waals surface area contributed by atoms with Crippen LogP contribution in [0.15, 0.2) is 339 Å². The van der Waals surface area contributed by atoms with E-state index in [9.17, 15) is 0 Å². The van der Waals surface area contributed by atoms with Crippen molar-refractivity contribution in [3.63, 3.8) is 0 Å². The summed E-state index contributed by atoms with van der Waals surface area (Å²) in [5.41, 5.74) is 42.0. The predicted molar refractivity (Wildman–Crippen MR) is 625 cm³/mol. The Labute approximate surface area is 865 Å². The fraction of sp³-hybridized carbons (Fsp3) is 0.352. The van der Waals surface area contributed by atoms with Crippen molar-refractivity contribution in [1.29, 1.82) is 0 Å². The topological polar surface area (TPSA) is 6.48 Å². The summed E-state index contributed by atoms with van der Waals surface area (Å²) >= 11 is 0. The highest BCUT2D eigenvalue weighted by Gasteiger charge is 2.49. The summed E-state index contributed by atoms with van der Waals surface area (Å²) in [5.74, 6) is 0.693. The maximum atomic E-state index is 2.60. The van der Waals surface area contributed by atoms with Gasteiger partial charge in [-0.05, 0) is 275 Å². The van der Waals surface area contributed by atoms with Crippen molar-refractivity contribution in [3.05, 3.63) is 439 Å². The summed E-state index contributed by atoms with van der Waals surface area (Å²) in [6.07, 6.45) is 31.4. The summed E-state index contributed by atoms with van der Waals surface area (Å²) in [6, 6.07) is 119. The minimum atomic E-state index is -0.271.